The van der Waals surface area contributed by atoms with Crippen LogP contribution in [0.1, 0.15) is 36.5 Å². The Kier molecular flexibility index (Phi) is 4.13. The number of benzene rings is 1. The third kappa shape index (κ3) is 2.60. The zero-order valence-electron chi connectivity index (χ0n) is 14.1. The maximum atomic E-state index is 12.5. The van der Waals surface area contributed by atoms with E-state index in [1.165, 1.54) is 11.1 Å². The van der Waals surface area contributed by atoms with Gasteiger partial charge < -0.3 is 9.64 Å². The molecule has 22 heavy (non-hydrogen) atoms. The van der Waals surface area contributed by atoms with E-state index >= 15 is 0 Å². The summed E-state index contributed by atoms with van der Waals surface area (Å²) in [6.45, 7) is 8.92. The summed E-state index contributed by atoms with van der Waals surface area (Å²) in [6, 6.07) is 4.69. The van der Waals surface area contributed by atoms with Crippen LogP contribution in [0.2, 0.25) is 0 Å². The zero-order valence-corrected chi connectivity index (χ0v) is 14.1. The maximum absolute atomic E-state index is 12.5. The quantitative estimate of drug-likeness (QED) is 0.860. The SMILES string of the molecule is COc1c(C)cc(C)cc1CN1C[C@@H]2CCCN2C(=O)[C@@H]1C. The average Bonchev–Trinajstić information content (AvgIpc) is 2.92. The fraction of sp³-hybridized carbons (Fsp3) is 0.611. The largest absolute Gasteiger partial charge is 0.496 e. The molecule has 0 bridgehead atoms. The van der Waals surface area contributed by atoms with Crippen molar-refractivity contribution in [2.24, 2.45) is 0 Å². The van der Waals surface area contributed by atoms with Crippen molar-refractivity contribution in [3.8, 4) is 5.75 Å². The number of nitrogens with zero attached hydrogens (tertiary/aromatic N) is 2. The first-order valence-electron chi connectivity index (χ1n) is 8.20. The summed E-state index contributed by atoms with van der Waals surface area (Å²) in [5, 5.41) is 0. The summed E-state index contributed by atoms with van der Waals surface area (Å²) >= 11 is 0. The Bertz CT molecular complexity index is 585. The van der Waals surface area contributed by atoms with Gasteiger partial charge in [-0.1, -0.05) is 17.7 Å². The monoisotopic (exact) mass is 302 g/mol. The van der Waals surface area contributed by atoms with Crippen LogP contribution < -0.4 is 4.74 Å². The van der Waals surface area contributed by atoms with Gasteiger partial charge in [0, 0.05) is 31.2 Å². The summed E-state index contributed by atoms with van der Waals surface area (Å²) in [4.78, 5) is 16.9. The second kappa shape index (κ2) is 5.92. The molecule has 2 heterocycles. The zero-order chi connectivity index (χ0) is 15.9. The maximum Gasteiger partial charge on any atom is 0.239 e. The lowest BCUT2D eigenvalue weighted by atomic mass is 10.0. The summed E-state index contributed by atoms with van der Waals surface area (Å²) < 4.78 is 5.60. The third-order valence-electron chi connectivity index (χ3n) is 5.08. The number of rotatable bonds is 3. The van der Waals surface area contributed by atoms with Gasteiger partial charge in [-0.15, -0.1) is 0 Å². The molecule has 0 aliphatic carbocycles. The first-order chi connectivity index (χ1) is 10.5. The fourth-order valence-corrected chi connectivity index (χ4v) is 4.01. The van der Waals surface area contributed by atoms with Gasteiger partial charge in [0.2, 0.25) is 5.91 Å². The number of ether oxygens (including phenoxy) is 1. The van der Waals surface area contributed by atoms with Crippen LogP contribution in [0.5, 0.6) is 5.75 Å². The van der Waals surface area contributed by atoms with Crippen molar-refractivity contribution in [2.45, 2.75) is 52.2 Å². The lowest BCUT2D eigenvalue weighted by Gasteiger charge is -2.41. The number of aryl methyl sites for hydroxylation is 2. The third-order valence-corrected chi connectivity index (χ3v) is 5.08. The van der Waals surface area contributed by atoms with Crippen LogP contribution in [0, 0.1) is 13.8 Å². The number of hydrogen-bond donors (Lipinski definition) is 0. The molecule has 1 aromatic rings. The number of amides is 1. The minimum Gasteiger partial charge on any atom is -0.496 e. The van der Waals surface area contributed by atoms with Crippen molar-refractivity contribution in [1.82, 2.24) is 9.80 Å². The molecule has 1 aromatic carbocycles. The van der Waals surface area contributed by atoms with Gasteiger partial charge >= 0.3 is 0 Å². The molecule has 2 aliphatic heterocycles. The number of carbonyl (C=O) groups is 1. The Morgan fingerprint density at radius 2 is 2.09 bits per heavy atom. The lowest BCUT2D eigenvalue weighted by Crippen LogP contribution is -2.58. The van der Waals surface area contributed by atoms with Crippen molar-refractivity contribution < 1.29 is 9.53 Å². The van der Waals surface area contributed by atoms with E-state index in [1.54, 1.807) is 7.11 Å². The van der Waals surface area contributed by atoms with E-state index < -0.39 is 0 Å². The van der Waals surface area contributed by atoms with E-state index in [2.05, 4.69) is 35.8 Å². The Labute approximate surface area is 133 Å². The lowest BCUT2D eigenvalue weighted by molar-refractivity contribution is -0.143. The van der Waals surface area contributed by atoms with Crippen LogP contribution in [0.15, 0.2) is 12.1 Å². The van der Waals surface area contributed by atoms with Crippen molar-refractivity contribution in [3.05, 3.63) is 28.8 Å². The molecule has 4 nitrogen and oxygen atoms in total. The molecule has 0 unspecified atom stereocenters. The van der Waals surface area contributed by atoms with Gasteiger partial charge in [0.25, 0.3) is 0 Å². The molecular weight excluding hydrogens is 276 g/mol. The molecule has 1 amide bonds. The Morgan fingerprint density at radius 3 is 2.82 bits per heavy atom. The van der Waals surface area contributed by atoms with Gasteiger partial charge in [-0.05, 0) is 39.2 Å². The Hall–Kier alpha value is -1.55. The van der Waals surface area contributed by atoms with Crippen LogP contribution >= 0.6 is 0 Å². The first-order valence-corrected chi connectivity index (χ1v) is 8.20. The van der Waals surface area contributed by atoms with E-state index in [-0.39, 0.29) is 11.9 Å². The van der Waals surface area contributed by atoms with Crippen LogP contribution in [-0.4, -0.2) is 48.0 Å². The van der Waals surface area contributed by atoms with Gasteiger partial charge in [-0.2, -0.15) is 0 Å². The molecule has 2 aliphatic rings. The highest BCUT2D eigenvalue weighted by Crippen LogP contribution is 2.30. The van der Waals surface area contributed by atoms with Crippen molar-refractivity contribution >= 4 is 5.91 Å². The van der Waals surface area contributed by atoms with Crippen molar-refractivity contribution in [1.29, 1.82) is 0 Å². The van der Waals surface area contributed by atoms with Gasteiger partial charge in [0.1, 0.15) is 5.75 Å². The van der Waals surface area contributed by atoms with Gasteiger partial charge in [0.05, 0.1) is 13.2 Å². The fourth-order valence-electron chi connectivity index (χ4n) is 4.01. The van der Waals surface area contributed by atoms with Gasteiger partial charge in [-0.3, -0.25) is 9.69 Å². The van der Waals surface area contributed by atoms with E-state index in [0.29, 0.717) is 6.04 Å². The summed E-state index contributed by atoms with van der Waals surface area (Å²) in [5.74, 6) is 1.25. The second-order valence-corrected chi connectivity index (χ2v) is 6.71. The number of piperazine rings is 1. The molecule has 120 valence electrons. The molecule has 4 heteroatoms. The molecule has 0 saturated carbocycles. The minimum atomic E-state index is -0.0418. The smallest absolute Gasteiger partial charge is 0.239 e. The van der Waals surface area contributed by atoms with E-state index in [9.17, 15) is 4.79 Å². The molecule has 0 radical (unpaired) electrons. The highest BCUT2D eigenvalue weighted by atomic mass is 16.5. The predicted octanol–water partition coefficient (Wildman–Crippen LogP) is 2.51. The van der Waals surface area contributed by atoms with Crippen LogP contribution in [0.4, 0.5) is 0 Å². The Morgan fingerprint density at radius 1 is 1.32 bits per heavy atom. The molecule has 2 saturated heterocycles. The molecule has 0 aromatic heterocycles. The molecule has 3 rings (SSSR count). The van der Waals surface area contributed by atoms with Crippen LogP contribution in [-0.2, 0) is 11.3 Å². The Balaban J connectivity index is 1.85. The van der Waals surface area contributed by atoms with Crippen LogP contribution in [0.3, 0.4) is 0 Å². The molecule has 0 spiro atoms. The summed E-state index contributed by atoms with van der Waals surface area (Å²) in [7, 11) is 1.73. The molecule has 2 atom stereocenters. The topological polar surface area (TPSA) is 32.8 Å². The van der Waals surface area contributed by atoms with E-state index in [1.807, 2.05) is 6.92 Å². The molecular formula is C18H26N2O2. The molecule has 0 N–H and O–H groups in total. The molecule has 2 fully saturated rings. The highest BCUT2D eigenvalue weighted by Gasteiger charge is 2.40. The predicted molar refractivity (Wildman–Crippen MR) is 87.1 cm³/mol. The number of carbonyl (C=O) groups excluding carboxylic acids is 1. The van der Waals surface area contributed by atoms with Crippen molar-refractivity contribution in [3.63, 3.8) is 0 Å². The van der Waals surface area contributed by atoms with Gasteiger partial charge in [-0.25, -0.2) is 0 Å². The normalized spacial score (nSPS) is 25.5. The van der Waals surface area contributed by atoms with E-state index in [4.69, 9.17) is 4.74 Å². The summed E-state index contributed by atoms with van der Waals surface area (Å²) in [6.07, 6.45) is 2.28. The number of hydrogen-bond acceptors (Lipinski definition) is 3. The van der Waals surface area contributed by atoms with Crippen LogP contribution in [0.25, 0.3) is 0 Å². The van der Waals surface area contributed by atoms with E-state index in [0.717, 1.165) is 43.8 Å². The average molecular weight is 302 g/mol. The second-order valence-electron chi connectivity index (χ2n) is 6.71. The first kappa shape index (κ1) is 15.3. The number of fused-ring (bicyclic) bond motifs is 1. The highest BCUT2D eigenvalue weighted by molar-refractivity contribution is 5.83. The van der Waals surface area contributed by atoms with Gasteiger partial charge in [0.15, 0.2) is 0 Å². The summed E-state index contributed by atoms with van der Waals surface area (Å²) in [5.41, 5.74) is 3.59. The number of methoxy groups -OCH3 is 1. The standard InChI is InChI=1S/C18H26N2O2/c1-12-8-13(2)17(22-4)15(9-12)10-19-11-16-6-5-7-20(16)18(21)14(19)3/h8-9,14,16H,5-7,10-11H2,1-4H3/t14-,16-/m0/s1. The minimum absolute atomic E-state index is 0.0418. The van der Waals surface area contributed by atoms with Crippen molar-refractivity contribution in [2.75, 3.05) is 20.2 Å².